The largest absolute Gasteiger partial charge is 0.454 e. The van der Waals surface area contributed by atoms with E-state index < -0.39 is 0 Å². The van der Waals surface area contributed by atoms with Crippen molar-refractivity contribution in [3.05, 3.63) is 57.6 Å². The fourth-order valence-electron chi connectivity index (χ4n) is 2.05. The Labute approximate surface area is 127 Å². The molecule has 0 bridgehead atoms. The number of hydrogen-bond donors (Lipinski definition) is 1. The molecular formula is C15H13Cl2NO2. The molecule has 20 heavy (non-hydrogen) atoms. The molecule has 0 atom stereocenters. The van der Waals surface area contributed by atoms with Crippen LogP contribution in [0.25, 0.3) is 0 Å². The molecule has 0 unspecified atom stereocenters. The van der Waals surface area contributed by atoms with Crippen LogP contribution in [0.3, 0.4) is 0 Å². The first kappa shape index (κ1) is 13.6. The van der Waals surface area contributed by atoms with E-state index in [1.165, 1.54) is 0 Å². The first-order valence-electron chi connectivity index (χ1n) is 6.25. The SMILES string of the molecule is Clc1ccc(CNCc2ccc3c(c2)OCO3)cc1Cl. The molecule has 0 aromatic heterocycles. The van der Waals surface area contributed by atoms with Gasteiger partial charge in [-0.2, -0.15) is 0 Å². The first-order valence-corrected chi connectivity index (χ1v) is 7.01. The third-order valence-corrected chi connectivity index (χ3v) is 3.82. The zero-order valence-electron chi connectivity index (χ0n) is 10.7. The van der Waals surface area contributed by atoms with Crippen LogP contribution in [0, 0.1) is 0 Å². The maximum Gasteiger partial charge on any atom is 0.231 e. The van der Waals surface area contributed by atoms with Crippen molar-refractivity contribution in [1.82, 2.24) is 5.32 Å². The van der Waals surface area contributed by atoms with Crippen molar-refractivity contribution in [3.63, 3.8) is 0 Å². The maximum atomic E-state index is 5.98. The molecule has 5 heteroatoms. The summed E-state index contributed by atoms with van der Waals surface area (Å²) in [6.07, 6.45) is 0. The van der Waals surface area contributed by atoms with Crippen molar-refractivity contribution in [2.24, 2.45) is 0 Å². The van der Waals surface area contributed by atoms with Crippen LogP contribution < -0.4 is 14.8 Å². The van der Waals surface area contributed by atoms with Crippen LogP contribution >= 0.6 is 23.2 Å². The van der Waals surface area contributed by atoms with E-state index in [1.54, 1.807) is 0 Å². The van der Waals surface area contributed by atoms with E-state index in [2.05, 4.69) is 5.32 Å². The summed E-state index contributed by atoms with van der Waals surface area (Å²) >= 11 is 11.9. The number of nitrogens with one attached hydrogen (secondary N) is 1. The topological polar surface area (TPSA) is 30.5 Å². The molecule has 1 N–H and O–H groups in total. The minimum Gasteiger partial charge on any atom is -0.454 e. The van der Waals surface area contributed by atoms with Gasteiger partial charge in [0.2, 0.25) is 6.79 Å². The molecule has 3 nitrogen and oxygen atoms in total. The van der Waals surface area contributed by atoms with Crippen LogP contribution in [-0.4, -0.2) is 6.79 Å². The Balaban J connectivity index is 1.58. The molecule has 1 aliphatic heterocycles. The van der Waals surface area contributed by atoms with Gasteiger partial charge in [0.1, 0.15) is 0 Å². The Morgan fingerprint density at radius 1 is 0.850 bits per heavy atom. The summed E-state index contributed by atoms with van der Waals surface area (Å²) in [6, 6.07) is 11.6. The van der Waals surface area contributed by atoms with Gasteiger partial charge in [-0.25, -0.2) is 0 Å². The van der Waals surface area contributed by atoms with Crippen LogP contribution in [0.15, 0.2) is 36.4 Å². The Morgan fingerprint density at radius 3 is 2.35 bits per heavy atom. The van der Waals surface area contributed by atoms with Crippen LogP contribution in [-0.2, 0) is 13.1 Å². The second kappa shape index (κ2) is 5.92. The van der Waals surface area contributed by atoms with E-state index in [0.717, 1.165) is 35.7 Å². The summed E-state index contributed by atoms with van der Waals surface area (Å²) in [6.45, 7) is 1.78. The predicted molar refractivity (Wildman–Crippen MR) is 79.6 cm³/mol. The number of fused-ring (bicyclic) bond motifs is 1. The Morgan fingerprint density at radius 2 is 1.55 bits per heavy atom. The van der Waals surface area contributed by atoms with Crippen molar-refractivity contribution in [1.29, 1.82) is 0 Å². The maximum absolute atomic E-state index is 5.98. The Bertz CT molecular complexity index is 631. The van der Waals surface area contributed by atoms with Gasteiger partial charge in [-0.1, -0.05) is 35.3 Å². The van der Waals surface area contributed by atoms with Gasteiger partial charge in [-0.3, -0.25) is 0 Å². The molecular weight excluding hydrogens is 297 g/mol. The summed E-state index contributed by atoms with van der Waals surface area (Å²) in [7, 11) is 0. The second-order valence-electron chi connectivity index (χ2n) is 4.54. The van der Waals surface area contributed by atoms with Gasteiger partial charge in [0, 0.05) is 13.1 Å². The standard InChI is InChI=1S/C15H13Cl2NO2/c16-12-3-1-10(5-13(12)17)7-18-8-11-2-4-14-15(6-11)20-9-19-14/h1-6,18H,7-9H2. The molecule has 0 saturated carbocycles. The van der Waals surface area contributed by atoms with Crippen molar-refractivity contribution in [2.45, 2.75) is 13.1 Å². The molecule has 0 amide bonds. The summed E-state index contributed by atoms with van der Waals surface area (Å²) < 4.78 is 10.6. The first-order chi connectivity index (χ1) is 9.72. The molecule has 1 heterocycles. The number of halogens is 2. The number of ether oxygens (including phenoxy) is 2. The van der Waals surface area contributed by atoms with Crippen LogP contribution in [0.2, 0.25) is 10.0 Å². The van der Waals surface area contributed by atoms with Gasteiger partial charge in [0.15, 0.2) is 11.5 Å². The lowest BCUT2D eigenvalue weighted by Crippen LogP contribution is -2.12. The highest BCUT2D eigenvalue weighted by molar-refractivity contribution is 6.42. The normalized spacial score (nSPS) is 12.7. The smallest absolute Gasteiger partial charge is 0.231 e. The van der Waals surface area contributed by atoms with E-state index in [1.807, 2.05) is 36.4 Å². The quantitative estimate of drug-likeness (QED) is 0.925. The average molecular weight is 310 g/mol. The van der Waals surface area contributed by atoms with Crippen molar-refractivity contribution in [3.8, 4) is 11.5 Å². The Kier molecular flexibility index (Phi) is 4.01. The fourth-order valence-corrected chi connectivity index (χ4v) is 2.37. The zero-order valence-corrected chi connectivity index (χ0v) is 12.2. The molecule has 0 fully saturated rings. The highest BCUT2D eigenvalue weighted by Gasteiger charge is 2.12. The zero-order chi connectivity index (χ0) is 13.9. The van der Waals surface area contributed by atoms with Crippen molar-refractivity contribution < 1.29 is 9.47 Å². The van der Waals surface area contributed by atoms with Gasteiger partial charge in [0.05, 0.1) is 10.0 Å². The summed E-state index contributed by atoms with van der Waals surface area (Å²) in [5, 5.41) is 4.51. The number of rotatable bonds is 4. The van der Waals surface area contributed by atoms with E-state index in [0.29, 0.717) is 16.8 Å². The monoisotopic (exact) mass is 309 g/mol. The average Bonchev–Trinajstić information content (AvgIpc) is 2.90. The highest BCUT2D eigenvalue weighted by Crippen LogP contribution is 2.32. The minimum absolute atomic E-state index is 0.301. The van der Waals surface area contributed by atoms with E-state index in [-0.39, 0.29) is 0 Å². The molecule has 0 radical (unpaired) electrons. The third-order valence-electron chi connectivity index (χ3n) is 3.08. The van der Waals surface area contributed by atoms with Gasteiger partial charge in [-0.15, -0.1) is 0 Å². The van der Waals surface area contributed by atoms with Gasteiger partial charge in [-0.05, 0) is 35.4 Å². The molecule has 0 aliphatic carbocycles. The van der Waals surface area contributed by atoms with E-state index >= 15 is 0 Å². The third kappa shape index (κ3) is 3.01. The second-order valence-corrected chi connectivity index (χ2v) is 5.35. The molecule has 0 spiro atoms. The number of benzene rings is 2. The van der Waals surface area contributed by atoms with E-state index in [9.17, 15) is 0 Å². The predicted octanol–water partition coefficient (Wildman–Crippen LogP) is 4.01. The lowest BCUT2D eigenvalue weighted by Gasteiger charge is -2.07. The molecule has 2 aromatic rings. The lowest BCUT2D eigenvalue weighted by molar-refractivity contribution is 0.174. The molecule has 2 aromatic carbocycles. The van der Waals surface area contributed by atoms with E-state index in [4.69, 9.17) is 32.7 Å². The minimum atomic E-state index is 0.301. The van der Waals surface area contributed by atoms with Crippen LogP contribution in [0.4, 0.5) is 0 Å². The van der Waals surface area contributed by atoms with Crippen LogP contribution in [0.5, 0.6) is 11.5 Å². The molecule has 104 valence electrons. The molecule has 0 saturated heterocycles. The highest BCUT2D eigenvalue weighted by atomic mass is 35.5. The molecule has 1 aliphatic rings. The molecule has 3 rings (SSSR count). The summed E-state index contributed by atoms with van der Waals surface area (Å²) in [5.41, 5.74) is 2.24. The lowest BCUT2D eigenvalue weighted by atomic mass is 10.2. The van der Waals surface area contributed by atoms with Crippen molar-refractivity contribution in [2.75, 3.05) is 6.79 Å². The van der Waals surface area contributed by atoms with Crippen LogP contribution in [0.1, 0.15) is 11.1 Å². The van der Waals surface area contributed by atoms with Crippen molar-refractivity contribution >= 4 is 23.2 Å². The summed E-state index contributed by atoms with van der Waals surface area (Å²) in [4.78, 5) is 0. The summed E-state index contributed by atoms with van der Waals surface area (Å²) in [5.74, 6) is 1.61. The number of hydrogen-bond acceptors (Lipinski definition) is 3. The van der Waals surface area contributed by atoms with Gasteiger partial charge >= 0.3 is 0 Å². The Hall–Kier alpha value is -1.42. The fraction of sp³-hybridized carbons (Fsp3) is 0.200. The van der Waals surface area contributed by atoms with Gasteiger partial charge in [0.25, 0.3) is 0 Å². The van der Waals surface area contributed by atoms with Gasteiger partial charge < -0.3 is 14.8 Å².